The first-order valence-corrected chi connectivity index (χ1v) is 18.8. The van der Waals surface area contributed by atoms with Crippen LogP contribution in [0.15, 0.2) is 0 Å². The second-order valence-electron chi connectivity index (χ2n) is 13.9. The maximum Gasteiger partial charge on any atom is 0.220 e. The van der Waals surface area contributed by atoms with Gasteiger partial charge in [-0.3, -0.25) is 19.2 Å². The summed E-state index contributed by atoms with van der Waals surface area (Å²) in [4.78, 5) is 116. The van der Waals surface area contributed by atoms with Gasteiger partial charge in [0.1, 0.15) is 34.7 Å². The predicted octanol–water partition coefficient (Wildman–Crippen LogP) is 3.31. The third-order valence-corrected chi connectivity index (χ3v) is 8.72. The van der Waals surface area contributed by atoms with Crippen LogP contribution in [0.4, 0.5) is 0 Å². The smallest absolute Gasteiger partial charge is 0.220 e. The third kappa shape index (κ3) is 31.4. The van der Waals surface area contributed by atoms with Crippen LogP contribution >= 0.6 is 0 Å². The summed E-state index contributed by atoms with van der Waals surface area (Å²) in [5.74, 6) is -0.759. The fourth-order valence-electron chi connectivity index (χ4n) is 5.40. The first-order chi connectivity index (χ1) is 25.2. The van der Waals surface area contributed by atoms with Crippen molar-refractivity contribution in [2.24, 2.45) is 5.73 Å². The normalized spacial score (nSPS) is 10.6. The number of ketones is 6. The van der Waals surface area contributed by atoms with E-state index in [4.69, 9.17) is 0 Å². The van der Waals surface area contributed by atoms with E-state index in [-0.39, 0.29) is 123 Å². The second-order valence-corrected chi connectivity index (χ2v) is 13.9. The van der Waals surface area contributed by atoms with E-state index in [0.29, 0.717) is 51.4 Å². The topological polar surface area (TPSA) is 245 Å². The molecule has 0 rings (SSSR count). The Hall–Kier alpha value is -4.14. The van der Waals surface area contributed by atoms with Crippen LogP contribution in [0.25, 0.3) is 0 Å². The average Bonchev–Trinajstić information content (AvgIpc) is 3.10. The number of rotatable bonds is 28. The Labute approximate surface area is 322 Å². The van der Waals surface area contributed by atoms with Crippen molar-refractivity contribution < 1.29 is 47.9 Å². The van der Waals surface area contributed by atoms with Crippen molar-refractivity contribution in [2.75, 3.05) is 21.1 Å². The SMILES string of the molecule is CN.CNC(=O)CCCC(=O)NC(CCC(C)=O)(CCC(C)=O)CCC(C)=O.CNC(=O)CCCC(=O)NC(CCC(C)=O)(CCC(C)=O)CCC(C)=O. The van der Waals surface area contributed by atoms with E-state index in [1.807, 2.05) is 0 Å². The van der Waals surface area contributed by atoms with Gasteiger partial charge in [-0.25, -0.2) is 0 Å². The summed E-state index contributed by atoms with van der Waals surface area (Å²) in [6.45, 7) is 8.87. The minimum atomic E-state index is -0.757. The van der Waals surface area contributed by atoms with Crippen LogP contribution in [0.1, 0.15) is 157 Å². The van der Waals surface area contributed by atoms with Crippen molar-refractivity contribution in [3.8, 4) is 0 Å². The fourth-order valence-corrected chi connectivity index (χ4v) is 5.40. The molecular formula is C39H69N5O10. The molecule has 0 bridgehead atoms. The minimum Gasteiger partial charge on any atom is -0.359 e. The lowest BCUT2D eigenvalue weighted by molar-refractivity contribution is -0.126. The zero-order valence-electron chi connectivity index (χ0n) is 34.4. The first-order valence-electron chi connectivity index (χ1n) is 18.8. The van der Waals surface area contributed by atoms with Gasteiger partial charge in [0.15, 0.2) is 0 Å². The summed E-state index contributed by atoms with van der Waals surface area (Å²) in [6.07, 6.45) is 5.67. The molecule has 0 aliphatic carbocycles. The Bertz CT molecular complexity index is 1060. The van der Waals surface area contributed by atoms with Gasteiger partial charge in [-0.05, 0) is 100.0 Å². The maximum absolute atomic E-state index is 12.4. The number of amides is 4. The maximum atomic E-state index is 12.4. The monoisotopic (exact) mass is 768 g/mol. The molecule has 0 atom stereocenters. The summed E-state index contributed by atoms with van der Waals surface area (Å²) >= 11 is 0. The molecule has 0 aliphatic rings. The standard InChI is InChI=1S/2C19H32N2O5.CH5N/c2*1-14(22)8-11-19(12-9-15(2)23,13-10-16(3)24)21-18(26)7-5-6-17(25)20-4;1-2/h2*5-13H2,1-4H3,(H,20,25)(H,21,26);2H2,1H3. The second kappa shape index (κ2) is 31.2. The summed E-state index contributed by atoms with van der Waals surface area (Å²) in [7, 11) is 4.58. The van der Waals surface area contributed by atoms with Crippen molar-refractivity contribution in [1.29, 1.82) is 0 Å². The van der Waals surface area contributed by atoms with Crippen LogP contribution in [0.3, 0.4) is 0 Å². The van der Waals surface area contributed by atoms with Gasteiger partial charge >= 0.3 is 0 Å². The number of hydrogen-bond donors (Lipinski definition) is 5. The molecule has 0 saturated carbocycles. The van der Waals surface area contributed by atoms with Crippen molar-refractivity contribution in [2.45, 2.75) is 168 Å². The Morgan fingerprint density at radius 2 is 0.537 bits per heavy atom. The molecule has 0 aliphatic heterocycles. The van der Waals surface area contributed by atoms with E-state index in [1.54, 1.807) is 14.1 Å². The molecule has 0 heterocycles. The van der Waals surface area contributed by atoms with Crippen molar-refractivity contribution in [3.63, 3.8) is 0 Å². The molecule has 54 heavy (non-hydrogen) atoms. The molecule has 0 radical (unpaired) electrons. The van der Waals surface area contributed by atoms with Gasteiger partial charge in [0.2, 0.25) is 23.6 Å². The van der Waals surface area contributed by atoms with Gasteiger partial charge in [0.25, 0.3) is 0 Å². The lowest BCUT2D eigenvalue weighted by Gasteiger charge is -2.35. The predicted molar refractivity (Wildman–Crippen MR) is 207 cm³/mol. The molecule has 0 aromatic carbocycles. The number of hydrogen-bond acceptors (Lipinski definition) is 11. The Morgan fingerprint density at radius 3 is 0.704 bits per heavy atom. The van der Waals surface area contributed by atoms with Gasteiger partial charge in [-0.2, -0.15) is 0 Å². The van der Waals surface area contributed by atoms with Crippen molar-refractivity contribution in [1.82, 2.24) is 21.3 Å². The molecule has 310 valence electrons. The Balaban J connectivity index is -0.000000921. The molecule has 0 spiro atoms. The van der Waals surface area contributed by atoms with E-state index in [1.165, 1.54) is 48.6 Å². The highest BCUT2D eigenvalue weighted by Gasteiger charge is 2.33. The lowest BCUT2D eigenvalue weighted by Crippen LogP contribution is -2.49. The molecule has 0 fully saturated rings. The number of nitrogens with one attached hydrogen (secondary N) is 4. The van der Waals surface area contributed by atoms with Crippen LogP contribution < -0.4 is 27.0 Å². The van der Waals surface area contributed by atoms with Gasteiger partial charge in [0.05, 0.1) is 0 Å². The number of nitrogens with two attached hydrogens (primary N) is 1. The fraction of sp³-hybridized carbons (Fsp3) is 0.744. The van der Waals surface area contributed by atoms with E-state index in [9.17, 15) is 47.9 Å². The van der Waals surface area contributed by atoms with Crippen molar-refractivity contribution in [3.05, 3.63) is 0 Å². The zero-order chi connectivity index (χ0) is 42.3. The molecule has 4 amide bonds. The highest BCUT2D eigenvalue weighted by molar-refractivity contribution is 5.82. The van der Waals surface area contributed by atoms with E-state index in [2.05, 4.69) is 27.0 Å². The molecule has 0 aromatic rings. The highest BCUT2D eigenvalue weighted by atomic mass is 16.2. The number of carbonyl (C=O) groups is 10. The average molecular weight is 768 g/mol. The van der Waals surface area contributed by atoms with Gasteiger partial charge in [-0.15, -0.1) is 0 Å². The summed E-state index contributed by atoms with van der Waals surface area (Å²) in [5.41, 5.74) is 2.99. The molecule has 0 unspecified atom stereocenters. The quantitative estimate of drug-likeness (QED) is 0.0773. The van der Waals surface area contributed by atoms with Crippen LogP contribution in [0.5, 0.6) is 0 Å². The number of Topliss-reactive ketones (excluding diaryl/α,β-unsaturated/α-hetero) is 6. The highest BCUT2D eigenvalue weighted by Crippen LogP contribution is 2.28. The summed E-state index contributed by atoms with van der Waals surface area (Å²) < 4.78 is 0. The molecule has 15 heteroatoms. The third-order valence-electron chi connectivity index (χ3n) is 8.72. The lowest BCUT2D eigenvalue weighted by atomic mass is 9.82. The van der Waals surface area contributed by atoms with Crippen LogP contribution in [-0.4, -0.2) is 90.5 Å². The molecule has 15 nitrogen and oxygen atoms in total. The molecule has 6 N–H and O–H groups in total. The summed E-state index contributed by atoms with van der Waals surface area (Å²) in [6, 6.07) is 0. The van der Waals surface area contributed by atoms with Crippen LogP contribution in [-0.2, 0) is 47.9 Å². The van der Waals surface area contributed by atoms with E-state index < -0.39 is 11.1 Å². The van der Waals surface area contributed by atoms with Gasteiger partial charge in [0, 0.05) is 89.4 Å². The Morgan fingerprint density at radius 1 is 0.352 bits per heavy atom. The van der Waals surface area contributed by atoms with E-state index >= 15 is 0 Å². The minimum absolute atomic E-state index is 0.00566. The molecular weight excluding hydrogens is 698 g/mol. The van der Waals surface area contributed by atoms with Crippen LogP contribution in [0, 0.1) is 0 Å². The van der Waals surface area contributed by atoms with E-state index in [0.717, 1.165) is 0 Å². The first kappa shape index (κ1) is 54.2. The Kier molecular flexibility index (Phi) is 31.4. The zero-order valence-corrected chi connectivity index (χ0v) is 34.4. The largest absolute Gasteiger partial charge is 0.359 e. The summed E-state index contributed by atoms with van der Waals surface area (Å²) in [5, 5.41) is 10.9. The van der Waals surface area contributed by atoms with Gasteiger partial charge in [-0.1, -0.05) is 0 Å². The number of carbonyl (C=O) groups excluding carboxylic acids is 10. The van der Waals surface area contributed by atoms with Crippen molar-refractivity contribution >= 4 is 58.3 Å². The molecule has 0 saturated heterocycles. The molecule has 0 aromatic heterocycles. The van der Waals surface area contributed by atoms with Gasteiger partial charge < -0.3 is 55.8 Å². The van der Waals surface area contributed by atoms with Crippen LogP contribution in [0.2, 0.25) is 0 Å².